The van der Waals surface area contributed by atoms with Gasteiger partial charge in [0.05, 0.1) is 0 Å². The van der Waals surface area contributed by atoms with Gasteiger partial charge in [-0.3, -0.25) is 10.1 Å². The average molecular weight is 289 g/mol. The number of nitrogens with zero attached hydrogens (tertiary/aromatic N) is 2. The Morgan fingerprint density at radius 2 is 2.05 bits per heavy atom. The number of halogens is 1. The normalized spacial score (nSPS) is 14.7. The second-order valence-corrected chi connectivity index (χ2v) is 5.60. The molecule has 0 unspecified atom stereocenters. The molecule has 0 aliphatic heterocycles. The highest BCUT2D eigenvalue weighted by atomic mass is 32.1. The molecule has 1 heterocycles. The zero-order valence-corrected chi connectivity index (χ0v) is 11.4. The van der Waals surface area contributed by atoms with Crippen LogP contribution in [0.15, 0.2) is 30.3 Å². The molecule has 1 fully saturated rings. The van der Waals surface area contributed by atoms with Crippen molar-refractivity contribution in [3.05, 3.63) is 46.7 Å². The molecular formula is C14H12FN3OS. The molecule has 3 rings (SSSR count). The smallest absolute Gasteiger partial charge is 0.250 e. The Hall–Kier alpha value is -2.08. The molecule has 1 N–H and O–H groups in total. The van der Waals surface area contributed by atoms with Crippen molar-refractivity contribution in [1.82, 2.24) is 10.2 Å². The fourth-order valence-corrected chi connectivity index (χ4v) is 2.59. The molecule has 0 atom stereocenters. The lowest BCUT2D eigenvalue weighted by Crippen LogP contribution is -2.07. The minimum absolute atomic E-state index is 0.271. The van der Waals surface area contributed by atoms with Gasteiger partial charge in [0, 0.05) is 12.0 Å². The molecule has 6 heteroatoms. The molecule has 2 aromatic rings. The third-order valence-electron chi connectivity index (χ3n) is 2.89. The van der Waals surface area contributed by atoms with Crippen molar-refractivity contribution < 1.29 is 9.18 Å². The van der Waals surface area contributed by atoms with E-state index in [1.807, 2.05) is 0 Å². The maximum atomic E-state index is 12.7. The molecule has 1 aliphatic rings. The zero-order chi connectivity index (χ0) is 13.9. The van der Waals surface area contributed by atoms with E-state index in [1.54, 1.807) is 18.2 Å². The van der Waals surface area contributed by atoms with Gasteiger partial charge >= 0.3 is 0 Å². The number of carbonyl (C=O) groups is 1. The lowest BCUT2D eigenvalue weighted by molar-refractivity contribution is -0.111. The van der Waals surface area contributed by atoms with Crippen LogP contribution in [0.2, 0.25) is 0 Å². The maximum absolute atomic E-state index is 12.7. The van der Waals surface area contributed by atoms with Crippen LogP contribution in [0, 0.1) is 5.82 Å². The monoisotopic (exact) mass is 289 g/mol. The van der Waals surface area contributed by atoms with E-state index in [9.17, 15) is 9.18 Å². The summed E-state index contributed by atoms with van der Waals surface area (Å²) in [5, 5.41) is 12.2. The van der Waals surface area contributed by atoms with Crippen molar-refractivity contribution in [3.63, 3.8) is 0 Å². The Labute approximate surface area is 119 Å². The fraction of sp³-hybridized carbons (Fsp3) is 0.214. The van der Waals surface area contributed by atoms with Crippen LogP contribution in [0.25, 0.3) is 6.08 Å². The second kappa shape index (κ2) is 5.50. The predicted octanol–water partition coefficient (Wildman–Crippen LogP) is 3.21. The summed E-state index contributed by atoms with van der Waals surface area (Å²) in [5.41, 5.74) is 0.762. The third-order valence-corrected chi connectivity index (χ3v) is 3.90. The van der Waals surface area contributed by atoms with Crippen LogP contribution in [-0.2, 0) is 4.79 Å². The first kappa shape index (κ1) is 12.9. The number of hydrogen-bond acceptors (Lipinski definition) is 4. The van der Waals surface area contributed by atoms with Crippen LogP contribution in [0.3, 0.4) is 0 Å². The molecule has 0 radical (unpaired) electrons. The van der Waals surface area contributed by atoms with Gasteiger partial charge in [0.15, 0.2) is 0 Å². The number of nitrogens with one attached hydrogen (secondary N) is 1. The molecule has 1 aromatic carbocycles. The Balaban J connectivity index is 1.59. The van der Waals surface area contributed by atoms with Gasteiger partial charge < -0.3 is 0 Å². The molecule has 0 saturated heterocycles. The van der Waals surface area contributed by atoms with Crippen molar-refractivity contribution in [3.8, 4) is 0 Å². The summed E-state index contributed by atoms with van der Waals surface area (Å²) < 4.78 is 12.7. The van der Waals surface area contributed by atoms with Gasteiger partial charge in [0.1, 0.15) is 10.8 Å². The van der Waals surface area contributed by atoms with E-state index in [2.05, 4.69) is 15.5 Å². The Bertz CT molecular complexity index is 647. The largest absolute Gasteiger partial charge is 0.297 e. The Morgan fingerprint density at radius 1 is 1.30 bits per heavy atom. The molecule has 102 valence electrons. The second-order valence-electron chi connectivity index (χ2n) is 4.59. The number of anilines is 1. The van der Waals surface area contributed by atoms with Gasteiger partial charge in [-0.05, 0) is 36.6 Å². The third kappa shape index (κ3) is 3.27. The molecule has 0 spiro atoms. The SMILES string of the molecule is O=C(C=Cc1ccc(F)cc1)Nc1nnc(C2CC2)s1. The number of carbonyl (C=O) groups excluding carboxylic acids is 1. The standard InChI is InChI=1S/C14H12FN3OS/c15-11-6-1-9(2-7-11)3-8-12(19)16-14-18-17-13(20-14)10-4-5-10/h1-3,6-8,10H,4-5H2,(H,16,18,19). The van der Waals surface area contributed by atoms with Crippen molar-refractivity contribution in [2.75, 3.05) is 5.32 Å². The quantitative estimate of drug-likeness (QED) is 0.879. The highest BCUT2D eigenvalue weighted by Gasteiger charge is 2.27. The number of aromatic nitrogens is 2. The van der Waals surface area contributed by atoms with Crippen LogP contribution in [0.4, 0.5) is 9.52 Å². The number of amides is 1. The summed E-state index contributed by atoms with van der Waals surface area (Å²) in [6, 6.07) is 5.92. The molecule has 20 heavy (non-hydrogen) atoms. The minimum Gasteiger partial charge on any atom is -0.297 e. The molecule has 1 saturated carbocycles. The van der Waals surface area contributed by atoms with Crippen LogP contribution in [0.1, 0.15) is 29.3 Å². The molecular weight excluding hydrogens is 277 g/mol. The van der Waals surface area contributed by atoms with Gasteiger partial charge in [-0.1, -0.05) is 23.5 Å². The number of hydrogen-bond donors (Lipinski definition) is 1. The molecule has 4 nitrogen and oxygen atoms in total. The van der Waals surface area contributed by atoms with Crippen LogP contribution >= 0.6 is 11.3 Å². The fourth-order valence-electron chi connectivity index (χ4n) is 1.67. The summed E-state index contributed by atoms with van der Waals surface area (Å²) in [4.78, 5) is 11.7. The van der Waals surface area contributed by atoms with Crippen molar-refractivity contribution in [1.29, 1.82) is 0 Å². The lowest BCUT2D eigenvalue weighted by atomic mass is 10.2. The Kier molecular flexibility index (Phi) is 3.56. The van der Waals surface area contributed by atoms with Crippen LogP contribution in [-0.4, -0.2) is 16.1 Å². The highest BCUT2D eigenvalue weighted by molar-refractivity contribution is 7.15. The number of rotatable bonds is 4. The van der Waals surface area contributed by atoms with E-state index in [0.29, 0.717) is 11.0 Å². The van der Waals surface area contributed by atoms with Crippen molar-refractivity contribution in [2.24, 2.45) is 0 Å². The van der Waals surface area contributed by atoms with E-state index < -0.39 is 0 Å². The first-order valence-electron chi connectivity index (χ1n) is 6.29. The molecule has 1 amide bonds. The summed E-state index contributed by atoms with van der Waals surface area (Å²) >= 11 is 1.42. The summed E-state index contributed by atoms with van der Waals surface area (Å²) in [7, 11) is 0. The van der Waals surface area contributed by atoms with Gasteiger partial charge in [0.25, 0.3) is 0 Å². The molecule has 0 bridgehead atoms. The topological polar surface area (TPSA) is 54.9 Å². The highest BCUT2D eigenvalue weighted by Crippen LogP contribution is 2.41. The molecule has 1 aliphatic carbocycles. The van der Waals surface area contributed by atoms with Crippen LogP contribution < -0.4 is 5.32 Å². The van der Waals surface area contributed by atoms with E-state index in [-0.39, 0.29) is 11.7 Å². The van der Waals surface area contributed by atoms with Gasteiger partial charge in [-0.15, -0.1) is 10.2 Å². The maximum Gasteiger partial charge on any atom is 0.250 e. The zero-order valence-electron chi connectivity index (χ0n) is 10.5. The first-order chi connectivity index (χ1) is 9.70. The van der Waals surface area contributed by atoms with Crippen molar-refractivity contribution in [2.45, 2.75) is 18.8 Å². The van der Waals surface area contributed by atoms with Crippen LogP contribution in [0.5, 0.6) is 0 Å². The van der Waals surface area contributed by atoms with Crippen molar-refractivity contribution >= 4 is 28.5 Å². The van der Waals surface area contributed by atoms with E-state index in [4.69, 9.17) is 0 Å². The predicted molar refractivity (Wildman–Crippen MR) is 75.9 cm³/mol. The summed E-state index contributed by atoms with van der Waals surface area (Å²) in [5.74, 6) is -0.0335. The van der Waals surface area contributed by atoms with E-state index in [1.165, 1.54) is 29.5 Å². The van der Waals surface area contributed by atoms with Gasteiger partial charge in [-0.2, -0.15) is 0 Å². The summed E-state index contributed by atoms with van der Waals surface area (Å²) in [6.07, 6.45) is 5.34. The van der Waals surface area contributed by atoms with Gasteiger partial charge in [-0.25, -0.2) is 4.39 Å². The number of benzene rings is 1. The average Bonchev–Trinajstić information content (AvgIpc) is 3.19. The van der Waals surface area contributed by atoms with E-state index >= 15 is 0 Å². The minimum atomic E-state index is -0.298. The van der Waals surface area contributed by atoms with E-state index in [0.717, 1.165) is 23.4 Å². The Morgan fingerprint density at radius 3 is 2.75 bits per heavy atom. The lowest BCUT2D eigenvalue weighted by Gasteiger charge is -1.95. The van der Waals surface area contributed by atoms with Gasteiger partial charge in [0.2, 0.25) is 11.0 Å². The first-order valence-corrected chi connectivity index (χ1v) is 7.10. The summed E-state index contributed by atoms with van der Waals surface area (Å²) in [6.45, 7) is 0. The molecule has 1 aromatic heterocycles.